The molecule has 98 valence electrons. The van der Waals surface area contributed by atoms with Crippen LogP contribution in [0.25, 0.3) is 0 Å². The molecule has 0 saturated heterocycles. The quantitative estimate of drug-likeness (QED) is 0.751. The highest BCUT2D eigenvalue weighted by atomic mass is 32.2. The van der Waals surface area contributed by atoms with Crippen molar-refractivity contribution in [2.75, 3.05) is 18.1 Å². The molecule has 1 atom stereocenters. The molecule has 17 heavy (non-hydrogen) atoms. The van der Waals surface area contributed by atoms with Gasteiger partial charge >= 0.3 is 0 Å². The van der Waals surface area contributed by atoms with Crippen LogP contribution in [0.2, 0.25) is 0 Å². The zero-order valence-electron chi connectivity index (χ0n) is 10.6. The number of nitrogens with one attached hydrogen (secondary N) is 1. The van der Waals surface area contributed by atoms with Crippen molar-refractivity contribution in [2.24, 2.45) is 0 Å². The maximum Gasteiger partial charge on any atom is 0.211 e. The second-order valence-electron chi connectivity index (χ2n) is 4.07. The minimum atomic E-state index is -2.86. The van der Waals surface area contributed by atoms with Gasteiger partial charge in [-0.15, -0.1) is 0 Å². The Morgan fingerprint density at radius 3 is 2.76 bits per heavy atom. The van der Waals surface area contributed by atoms with Crippen molar-refractivity contribution in [3.8, 4) is 0 Å². The first-order chi connectivity index (χ1) is 7.94. The molecule has 0 aliphatic heterocycles. The van der Waals surface area contributed by atoms with Crippen molar-refractivity contribution >= 4 is 9.84 Å². The lowest BCUT2D eigenvalue weighted by atomic mass is 10.3. The molecular weight excluding hydrogens is 240 g/mol. The van der Waals surface area contributed by atoms with E-state index in [2.05, 4.69) is 10.3 Å². The molecule has 5 nitrogen and oxygen atoms in total. The number of oxazole rings is 1. The van der Waals surface area contributed by atoms with E-state index in [9.17, 15) is 8.42 Å². The third-order valence-corrected chi connectivity index (χ3v) is 4.32. The summed E-state index contributed by atoms with van der Waals surface area (Å²) in [6.45, 7) is 6.10. The topological polar surface area (TPSA) is 72.2 Å². The Hall–Kier alpha value is -0.880. The molecular formula is C11H20N2O3S. The fourth-order valence-corrected chi connectivity index (χ4v) is 2.29. The van der Waals surface area contributed by atoms with Crippen molar-refractivity contribution < 1.29 is 12.8 Å². The Morgan fingerprint density at radius 2 is 2.24 bits per heavy atom. The summed E-state index contributed by atoms with van der Waals surface area (Å²) in [5.41, 5.74) is 0. The molecule has 0 aromatic carbocycles. The summed E-state index contributed by atoms with van der Waals surface area (Å²) in [4.78, 5) is 4.11. The van der Waals surface area contributed by atoms with E-state index in [0.717, 1.165) is 5.76 Å². The molecule has 1 heterocycles. The monoisotopic (exact) mass is 260 g/mol. The second kappa shape index (κ2) is 6.16. The molecule has 1 N–H and O–H groups in total. The van der Waals surface area contributed by atoms with Gasteiger partial charge in [-0.1, -0.05) is 6.92 Å². The van der Waals surface area contributed by atoms with E-state index in [4.69, 9.17) is 4.42 Å². The maximum atomic E-state index is 11.3. The van der Waals surface area contributed by atoms with E-state index in [1.807, 2.05) is 13.8 Å². The van der Waals surface area contributed by atoms with Crippen molar-refractivity contribution in [3.05, 3.63) is 17.8 Å². The van der Waals surface area contributed by atoms with Crippen LogP contribution in [0.3, 0.4) is 0 Å². The van der Waals surface area contributed by atoms with Gasteiger partial charge in [-0.2, -0.15) is 0 Å². The van der Waals surface area contributed by atoms with Crippen molar-refractivity contribution in [1.82, 2.24) is 10.3 Å². The van der Waals surface area contributed by atoms with E-state index in [-0.39, 0.29) is 17.5 Å². The third kappa shape index (κ3) is 4.87. The summed E-state index contributed by atoms with van der Waals surface area (Å²) in [5.74, 6) is 1.86. The Kier molecular flexibility index (Phi) is 5.14. The predicted molar refractivity (Wildman–Crippen MR) is 66.6 cm³/mol. The number of aromatic nitrogens is 1. The van der Waals surface area contributed by atoms with Crippen LogP contribution in [0.4, 0.5) is 0 Å². The lowest BCUT2D eigenvalue weighted by Gasteiger charge is -2.09. The fourth-order valence-electron chi connectivity index (χ4n) is 1.41. The Balaban J connectivity index is 2.28. The fraction of sp³-hybridized carbons (Fsp3) is 0.727. The maximum absolute atomic E-state index is 11.3. The smallest absolute Gasteiger partial charge is 0.211 e. The Bertz CT molecular complexity index is 439. The average molecular weight is 260 g/mol. The van der Waals surface area contributed by atoms with E-state index < -0.39 is 9.84 Å². The van der Waals surface area contributed by atoms with Gasteiger partial charge in [-0.25, -0.2) is 13.4 Å². The lowest BCUT2D eigenvalue weighted by Crippen LogP contribution is -2.22. The predicted octanol–water partition coefficient (Wildman–Crippen LogP) is 1.46. The normalized spacial score (nSPS) is 13.8. The van der Waals surface area contributed by atoms with Gasteiger partial charge in [0.15, 0.2) is 0 Å². The minimum Gasteiger partial charge on any atom is -0.444 e. The molecule has 0 radical (unpaired) electrons. The van der Waals surface area contributed by atoms with Crippen LogP contribution in [-0.4, -0.2) is 31.5 Å². The van der Waals surface area contributed by atoms with E-state index in [0.29, 0.717) is 18.9 Å². The summed E-state index contributed by atoms with van der Waals surface area (Å²) in [5, 5.41) is 3.19. The molecule has 0 aliphatic carbocycles. The zero-order chi connectivity index (χ0) is 12.9. The van der Waals surface area contributed by atoms with Crippen LogP contribution in [0.1, 0.15) is 38.0 Å². The second-order valence-corrected chi connectivity index (χ2v) is 6.55. The van der Waals surface area contributed by atoms with E-state index in [1.165, 1.54) is 0 Å². The standard InChI is InChI=1S/C11H20N2O3S/c1-4-17(14,15)7-5-6-12-10(3)11-13-8-9(2)16-11/h8,10,12H,4-7H2,1-3H3. The van der Waals surface area contributed by atoms with Crippen LogP contribution in [0.15, 0.2) is 10.6 Å². The molecule has 1 rings (SSSR count). The van der Waals surface area contributed by atoms with Gasteiger partial charge < -0.3 is 9.73 Å². The van der Waals surface area contributed by atoms with Crippen molar-refractivity contribution in [2.45, 2.75) is 33.2 Å². The summed E-state index contributed by atoms with van der Waals surface area (Å²) in [7, 11) is -2.86. The molecule has 0 amide bonds. The van der Waals surface area contributed by atoms with Gasteiger partial charge in [0.1, 0.15) is 15.6 Å². The van der Waals surface area contributed by atoms with Gasteiger partial charge in [0.25, 0.3) is 0 Å². The summed E-state index contributed by atoms with van der Waals surface area (Å²) in [6.07, 6.45) is 2.29. The highest BCUT2D eigenvalue weighted by molar-refractivity contribution is 7.91. The van der Waals surface area contributed by atoms with Crippen LogP contribution >= 0.6 is 0 Å². The minimum absolute atomic E-state index is 0.00744. The van der Waals surface area contributed by atoms with Crippen LogP contribution in [0.5, 0.6) is 0 Å². The van der Waals surface area contributed by atoms with Crippen LogP contribution < -0.4 is 5.32 Å². The molecule has 0 bridgehead atoms. The molecule has 0 fully saturated rings. The van der Waals surface area contributed by atoms with Gasteiger partial charge in [0.2, 0.25) is 5.89 Å². The molecule has 1 aromatic rings. The first-order valence-electron chi connectivity index (χ1n) is 5.80. The van der Waals surface area contributed by atoms with E-state index >= 15 is 0 Å². The number of aryl methyl sites for hydroxylation is 1. The third-order valence-electron chi connectivity index (χ3n) is 2.53. The summed E-state index contributed by atoms with van der Waals surface area (Å²) in [6, 6.07) is 0.00744. The molecule has 1 aromatic heterocycles. The van der Waals surface area contributed by atoms with Gasteiger partial charge in [-0.05, 0) is 26.8 Å². The molecule has 0 spiro atoms. The van der Waals surface area contributed by atoms with Crippen LogP contribution in [-0.2, 0) is 9.84 Å². The highest BCUT2D eigenvalue weighted by Crippen LogP contribution is 2.11. The SMILES string of the molecule is CCS(=O)(=O)CCCNC(C)c1ncc(C)o1. The molecule has 6 heteroatoms. The number of hydrogen-bond donors (Lipinski definition) is 1. The van der Waals surface area contributed by atoms with Gasteiger partial charge in [-0.3, -0.25) is 0 Å². The number of nitrogens with zero attached hydrogens (tertiary/aromatic N) is 1. The highest BCUT2D eigenvalue weighted by Gasteiger charge is 2.11. The molecule has 0 aliphatic rings. The largest absolute Gasteiger partial charge is 0.444 e. The lowest BCUT2D eigenvalue weighted by molar-refractivity contribution is 0.403. The van der Waals surface area contributed by atoms with Crippen LogP contribution in [0, 0.1) is 6.92 Å². The zero-order valence-corrected chi connectivity index (χ0v) is 11.4. The van der Waals surface area contributed by atoms with Gasteiger partial charge in [0.05, 0.1) is 18.0 Å². The van der Waals surface area contributed by atoms with E-state index in [1.54, 1.807) is 13.1 Å². The van der Waals surface area contributed by atoms with Gasteiger partial charge in [0, 0.05) is 5.75 Å². The Morgan fingerprint density at radius 1 is 1.53 bits per heavy atom. The number of hydrogen-bond acceptors (Lipinski definition) is 5. The molecule has 1 unspecified atom stereocenters. The summed E-state index contributed by atoms with van der Waals surface area (Å²) >= 11 is 0. The van der Waals surface area contributed by atoms with Crippen molar-refractivity contribution in [3.63, 3.8) is 0 Å². The molecule has 0 saturated carbocycles. The average Bonchev–Trinajstić information content (AvgIpc) is 2.71. The number of sulfone groups is 1. The number of rotatable bonds is 7. The summed E-state index contributed by atoms with van der Waals surface area (Å²) < 4.78 is 27.9. The Labute approximate surface area is 103 Å². The first kappa shape index (κ1) is 14.2. The first-order valence-corrected chi connectivity index (χ1v) is 7.63. The van der Waals surface area contributed by atoms with Crippen molar-refractivity contribution in [1.29, 1.82) is 0 Å².